The molecule has 1 aliphatic rings. The largest absolute Gasteiger partial charge is 0.481 e. The molecular weight excluding hydrogens is 766 g/mol. The summed E-state index contributed by atoms with van der Waals surface area (Å²) in [5, 5.41) is 10.4. The molecule has 0 aromatic heterocycles. The fourth-order valence-corrected chi connectivity index (χ4v) is 7.21. The number of hydrogen-bond donors (Lipinski definition) is 8. The number of phosphoric acid groups is 2. The Balaban J connectivity index is 1.96. The van der Waals surface area contributed by atoms with Crippen LogP contribution in [0.25, 0.3) is 0 Å². The molecule has 0 aliphatic heterocycles. The second-order valence-electron chi connectivity index (χ2n) is 12.9. The molecule has 55 heavy (non-hydrogen) atoms. The highest BCUT2D eigenvalue weighted by Crippen LogP contribution is 2.60. The maximum atomic E-state index is 13.4. The van der Waals surface area contributed by atoms with Crippen LogP contribution in [-0.2, 0) is 48.2 Å². The molecule has 6 amide bonds. The maximum Gasteiger partial charge on any atom is 0.481 e. The van der Waals surface area contributed by atoms with Gasteiger partial charge in [0, 0.05) is 12.2 Å². The molecule has 0 saturated heterocycles. The predicted molar refractivity (Wildman–Crippen MR) is 199 cm³/mol. The lowest BCUT2D eigenvalue weighted by Crippen LogP contribution is -2.55. The number of primary amides is 2. The van der Waals surface area contributed by atoms with Gasteiger partial charge in [-0.2, -0.15) is 4.31 Å². The van der Waals surface area contributed by atoms with Gasteiger partial charge in [-0.1, -0.05) is 38.1 Å². The summed E-state index contributed by atoms with van der Waals surface area (Å²) >= 11 is 0. The molecule has 310 valence electrons. The Labute approximate surface area is 320 Å². The molecule has 0 heterocycles. The normalized spacial score (nSPS) is 18.2. The number of nitrogens with two attached hydrogens (primary N) is 2. The minimum atomic E-state index is -5.07. The van der Waals surface area contributed by atoms with Gasteiger partial charge in [0.25, 0.3) is 0 Å². The summed E-state index contributed by atoms with van der Waals surface area (Å²) in [6.45, 7) is 2.83. The number of benzene rings is 1. The average Bonchev–Trinajstić information content (AvgIpc) is 3.08. The van der Waals surface area contributed by atoms with E-state index in [0.29, 0.717) is 31.2 Å². The van der Waals surface area contributed by atoms with Crippen LogP contribution in [-0.4, -0.2) is 77.8 Å². The number of rotatable bonds is 23. The monoisotopic (exact) mass is 820 g/mol. The number of alkyl carbamates (subject to hydrolysis) is 1. The van der Waals surface area contributed by atoms with Gasteiger partial charge in [0.2, 0.25) is 11.8 Å². The van der Waals surface area contributed by atoms with Crippen molar-refractivity contribution in [2.24, 2.45) is 17.4 Å². The average molecular weight is 821 g/mol. The maximum absolute atomic E-state index is 13.4. The van der Waals surface area contributed by atoms with Gasteiger partial charge in [-0.05, 0) is 87.8 Å². The van der Waals surface area contributed by atoms with E-state index in [9.17, 15) is 42.9 Å². The Morgan fingerprint density at radius 3 is 2.20 bits per heavy atom. The van der Waals surface area contributed by atoms with E-state index in [1.54, 1.807) is 13.8 Å². The first kappa shape index (κ1) is 47.1. The molecule has 0 fully saturated rings. The first-order valence-electron chi connectivity index (χ1n) is 17.9. The zero-order valence-electron chi connectivity index (χ0n) is 31.0. The third-order valence-electron chi connectivity index (χ3n) is 7.93. The standard InChI is InChI=1S/C33H54N6O14P2/c1-23(2)28(39-33(44)52-26-12-7-4-3-5-8-13-26)30(41)38-27(14-11-19-36-31(34)42)29(40)37-25-17-15-24(16-18-25)22-51-55(47,48)53-54(45,46)50-21-10-6-9-20-49-32(35)43/h3-4,15-18,23,26-28H,5-14,19-22H2,1-2H3,(H2,35,43)(H,37,40)(H,38,41)(H,39,44)(H,45,46)(H,47,48)(H3,34,36,42)/b4-3+. The van der Waals surface area contributed by atoms with Crippen LogP contribution in [0.3, 0.4) is 0 Å². The van der Waals surface area contributed by atoms with Crippen molar-refractivity contribution in [1.29, 1.82) is 0 Å². The van der Waals surface area contributed by atoms with Crippen LogP contribution in [0.2, 0.25) is 0 Å². The number of hydrogen-bond acceptors (Lipinski definition) is 12. The fourth-order valence-electron chi connectivity index (χ4n) is 5.12. The van der Waals surface area contributed by atoms with E-state index < -0.39 is 64.4 Å². The van der Waals surface area contributed by atoms with Gasteiger partial charge >= 0.3 is 33.9 Å². The number of unbranched alkanes of at least 4 members (excludes halogenated alkanes) is 2. The molecule has 5 unspecified atom stereocenters. The summed E-state index contributed by atoms with van der Waals surface area (Å²) in [6.07, 6.45) is 7.55. The van der Waals surface area contributed by atoms with E-state index in [0.717, 1.165) is 19.3 Å². The number of nitrogens with one attached hydrogen (secondary N) is 4. The Kier molecular flexibility index (Phi) is 21.0. The molecule has 5 atom stereocenters. The number of urea groups is 1. The van der Waals surface area contributed by atoms with E-state index in [-0.39, 0.29) is 56.7 Å². The van der Waals surface area contributed by atoms with E-state index >= 15 is 0 Å². The summed E-state index contributed by atoms with van der Waals surface area (Å²) < 4.78 is 48.4. The van der Waals surface area contributed by atoms with Gasteiger partial charge in [0.05, 0.1) is 19.8 Å². The van der Waals surface area contributed by atoms with Gasteiger partial charge in [-0.25, -0.2) is 23.5 Å². The lowest BCUT2D eigenvalue weighted by Gasteiger charge is -2.26. The van der Waals surface area contributed by atoms with Crippen LogP contribution in [0, 0.1) is 5.92 Å². The SMILES string of the molecule is CC(C)C(NC(=O)OC1CC/C=C/CCC1)C(=O)NC(CCCNC(N)=O)C(=O)Nc1ccc(COP(=O)(O)OP(=O)(O)OCCCCCOC(N)=O)cc1. The molecule has 1 aliphatic carbocycles. The Morgan fingerprint density at radius 1 is 0.855 bits per heavy atom. The third-order valence-corrected chi connectivity index (χ3v) is 10.5. The summed E-state index contributed by atoms with van der Waals surface area (Å²) in [6, 6.07) is 2.88. The molecule has 22 heteroatoms. The highest BCUT2D eigenvalue weighted by molar-refractivity contribution is 7.61. The second-order valence-corrected chi connectivity index (χ2v) is 16.0. The Hall–Kier alpha value is -4.03. The lowest BCUT2D eigenvalue weighted by atomic mass is 10.0. The van der Waals surface area contributed by atoms with Gasteiger partial charge in [0.15, 0.2) is 0 Å². The van der Waals surface area contributed by atoms with Crippen LogP contribution in [0.1, 0.15) is 83.6 Å². The van der Waals surface area contributed by atoms with Gasteiger partial charge in [0.1, 0.15) is 18.2 Å². The summed E-state index contributed by atoms with van der Waals surface area (Å²) in [7, 11) is -10.0. The summed E-state index contributed by atoms with van der Waals surface area (Å²) in [5.74, 6) is -1.61. The van der Waals surface area contributed by atoms with Gasteiger partial charge < -0.3 is 52.0 Å². The highest BCUT2D eigenvalue weighted by Gasteiger charge is 2.35. The van der Waals surface area contributed by atoms with Crippen LogP contribution >= 0.6 is 15.6 Å². The van der Waals surface area contributed by atoms with Crippen molar-refractivity contribution >= 4 is 51.4 Å². The second kappa shape index (κ2) is 24.5. The molecule has 0 radical (unpaired) electrons. The zero-order chi connectivity index (χ0) is 40.9. The number of allylic oxidation sites excluding steroid dienone is 2. The molecule has 1 aromatic carbocycles. The van der Waals surface area contributed by atoms with Crippen molar-refractivity contribution in [1.82, 2.24) is 16.0 Å². The molecule has 0 bridgehead atoms. The van der Waals surface area contributed by atoms with E-state index in [1.165, 1.54) is 24.3 Å². The Morgan fingerprint density at radius 2 is 1.53 bits per heavy atom. The summed E-state index contributed by atoms with van der Waals surface area (Å²) in [4.78, 5) is 81.1. The van der Waals surface area contributed by atoms with Crippen molar-refractivity contribution in [3.63, 3.8) is 0 Å². The van der Waals surface area contributed by atoms with Crippen molar-refractivity contribution in [2.45, 2.75) is 103 Å². The highest BCUT2D eigenvalue weighted by atomic mass is 31.3. The molecule has 2 rings (SSSR count). The number of amides is 6. The lowest BCUT2D eigenvalue weighted by molar-refractivity contribution is -0.128. The molecule has 1 aromatic rings. The van der Waals surface area contributed by atoms with Crippen LogP contribution in [0.15, 0.2) is 36.4 Å². The number of carbonyl (C=O) groups is 5. The minimum Gasteiger partial charge on any atom is -0.450 e. The minimum absolute atomic E-state index is 0.0578. The van der Waals surface area contributed by atoms with Crippen LogP contribution in [0.4, 0.5) is 20.1 Å². The number of ether oxygens (including phenoxy) is 2. The third kappa shape index (κ3) is 21.0. The van der Waals surface area contributed by atoms with Crippen molar-refractivity contribution in [3.05, 3.63) is 42.0 Å². The van der Waals surface area contributed by atoms with Crippen molar-refractivity contribution in [3.8, 4) is 0 Å². The van der Waals surface area contributed by atoms with Crippen molar-refractivity contribution in [2.75, 3.05) is 25.1 Å². The van der Waals surface area contributed by atoms with Crippen molar-refractivity contribution < 1.29 is 65.7 Å². The number of carbonyl (C=O) groups excluding carboxylic acids is 5. The zero-order valence-corrected chi connectivity index (χ0v) is 32.8. The first-order valence-corrected chi connectivity index (χ1v) is 20.9. The number of phosphoric ester groups is 2. The molecule has 10 N–H and O–H groups in total. The van der Waals surface area contributed by atoms with E-state index in [4.69, 9.17) is 20.7 Å². The summed E-state index contributed by atoms with van der Waals surface area (Å²) in [5.41, 5.74) is 10.6. The van der Waals surface area contributed by atoms with Crippen LogP contribution < -0.4 is 32.7 Å². The molecule has 0 spiro atoms. The number of anilines is 1. The smallest absolute Gasteiger partial charge is 0.450 e. The van der Waals surface area contributed by atoms with Gasteiger partial charge in [-0.15, -0.1) is 0 Å². The fraction of sp³-hybridized carbons (Fsp3) is 0.606. The van der Waals surface area contributed by atoms with Gasteiger partial charge in [-0.3, -0.25) is 18.6 Å². The van der Waals surface area contributed by atoms with E-state index in [2.05, 4.69) is 40.9 Å². The molecular formula is C33H54N6O14P2. The topological polar surface area (TPSA) is 306 Å². The quantitative estimate of drug-likeness (QED) is 0.0436. The first-order chi connectivity index (χ1) is 26.0. The van der Waals surface area contributed by atoms with Crippen LogP contribution in [0.5, 0.6) is 0 Å². The molecule has 20 nitrogen and oxygen atoms in total. The Bertz CT molecular complexity index is 1530. The van der Waals surface area contributed by atoms with E-state index in [1.807, 2.05) is 6.08 Å². The molecule has 0 saturated carbocycles. The predicted octanol–water partition coefficient (Wildman–Crippen LogP) is 4.21.